The fraction of sp³-hybridized carbons (Fsp3) is 0.579. The average molecular weight is 350 g/mol. The van der Waals surface area contributed by atoms with E-state index >= 15 is 0 Å². The Labute approximate surface area is 148 Å². The van der Waals surface area contributed by atoms with Crippen molar-refractivity contribution in [1.82, 2.24) is 0 Å². The molecule has 0 N–H and O–H groups in total. The van der Waals surface area contributed by atoms with Crippen molar-refractivity contribution in [3.8, 4) is 0 Å². The summed E-state index contributed by atoms with van der Waals surface area (Å²) in [5.74, 6) is -0.235. The van der Waals surface area contributed by atoms with E-state index in [1.54, 1.807) is 12.1 Å². The fourth-order valence-corrected chi connectivity index (χ4v) is 2.87. The third-order valence-electron chi connectivity index (χ3n) is 4.35. The van der Waals surface area contributed by atoms with Crippen LogP contribution in [-0.2, 0) is 25.0 Å². The molecule has 1 aliphatic carbocycles. The summed E-state index contributed by atoms with van der Waals surface area (Å²) in [7, 11) is 0. The van der Waals surface area contributed by atoms with Crippen LogP contribution in [0.4, 0.5) is 4.79 Å². The minimum atomic E-state index is -1.00. The van der Waals surface area contributed by atoms with Gasteiger partial charge in [-0.1, -0.05) is 46.2 Å². The van der Waals surface area contributed by atoms with Gasteiger partial charge < -0.3 is 4.74 Å². The molecule has 0 heterocycles. The second kappa shape index (κ2) is 8.34. The van der Waals surface area contributed by atoms with E-state index in [0.717, 1.165) is 31.2 Å². The zero-order valence-electron chi connectivity index (χ0n) is 15.2. The predicted octanol–water partition coefficient (Wildman–Crippen LogP) is 4.72. The van der Waals surface area contributed by atoms with Gasteiger partial charge in [0.25, 0.3) is 0 Å². The molecule has 6 nitrogen and oxygen atoms in total. The molecule has 138 valence electrons. The van der Waals surface area contributed by atoms with Crippen LogP contribution in [0.5, 0.6) is 0 Å². The largest absolute Gasteiger partial charge is 0.543 e. The minimum absolute atomic E-state index is 0.0115. The lowest BCUT2D eigenvalue weighted by Crippen LogP contribution is -2.25. The van der Waals surface area contributed by atoms with Crippen molar-refractivity contribution in [1.29, 1.82) is 0 Å². The Balaban J connectivity index is 1.73. The Bertz CT molecular complexity index is 587. The Morgan fingerprint density at radius 1 is 1.04 bits per heavy atom. The molecule has 0 saturated heterocycles. The summed E-state index contributed by atoms with van der Waals surface area (Å²) in [5, 5.41) is 4.25. The lowest BCUT2D eigenvalue weighted by molar-refractivity contribution is -0.453. The third-order valence-corrected chi connectivity index (χ3v) is 4.35. The van der Waals surface area contributed by atoms with Crippen LogP contribution in [0.25, 0.3) is 0 Å². The van der Waals surface area contributed by atoms with Crippen molar-refractivity contribution in [2.24, 2.45) is 5.92 Å². The molecule has 0 bridgehead atoms. The van der Waals surface area contributed by atoms with Crippen LogP contribution in [0.2, 0.25) is 0 Å². The number of hydrogen-bond acceptors (Lipinski definition) is 6. The van der Waals surface area contributed by atoms with E-state index in [1.165, 1.54) is 0 Å². The first-order valence-corrected chi connectivity index (χ1v) is 8.62. The van der Waals surface area contributed by atoms with Crippen LogP contribution < -0.4 is 0 Å². The number of carbonyl (C=O) groups is 2. The van der Waals surface area contributed by atoms with E-state index in [2.05, 4.69) is 42.5 Å². The van der Waals surface area contributed by atoms with Crippen LogP contribution >= 0.6 is 0 Å². The highest BCUT2D eigenvalue weighted by atomic mass is 17.5. The maximum Gasteiger partial charge on any atom is 0.543 e. The highest BCUT2D eigenvalue weighted by molar-refractivity contribution is 5.88. The van der Waals surface area contributed by atoms with Crippen LogP contribution in [0.1, 0.15) is 69.3 Å². The number of ether oxygens (including phenoxy) is 1. The number of rotatable bonds is 4. The van der Waals surface area contributed by atoms with Gasteiger partial charge >= 0.3 is 12.1 Å². The molecule has 25 heavy (non-hydrogen) atoms. The molecule has 1 saturated carbocycles. The van der Waals surface area contributed by atoms with Crippen LogP contribution in [0.15, 0.2) is 24.3 Å². The second-order valence-corrected chi connectivity index (χ2v) is 7.61. The zero-order valence-corrected chi connectivity index (χ0v) is 15.2. The second-order valence-electron chi connectivity index (χ2n) is 7.61. The summed E-state index contributed by atoms with van der Waals surface area (Å²) in [5.41, 5.74) is 1.38. The van der Waals surface area contributed by atoms with E-state index in [9.17, 15) is 9.59 Å². The van der Waals surface area contributed by atoms with Gasteiger partial charge in [0, 0.05) is 0 Å². The molecule has 0 aliphatic heterocycles. The standard InChI is InChI=1S/C19H26O6/c1-13-6-5-7-16(12-13)22-18(21)24-25-23-17(20)14-8-10-15(11-9-14)19(2,3)4/h8-11,13,16H,5-7,12H2,1-4H3. The molecule has 0 amide bonds. The number of carbonyl (C=O) groups excluding carboxylic acids is 2. The van der Waals surface area contributed by atoms with Crippen molar-refractivity contribution in [3.63, 3.8) is 0 Å². The Morgan fingerprint density at radius 2 is 1.72 bits per heavy atom. The molecule has 1 fully saturated rings. The molecule has 0 aromatic heterocycles. The molecule has 1 aromatic rings. The molecule has 0 radical (unpaired) electrons. The maximum atomic E-state index is 11.8. The summed E-state index contributed by atoms with van der Waals surface area (Å²) in [6.07, 6.45) is 2.57. The van der Waals surface area contributed by atoms with Gasteiger partial charge in [0.1, 0.15) is 6.10 Å². The fourth-order valence-electron chi connectivity index (χ4n) is 2.87. The Morgan fingerprint density at radius 3 is 2.32 bits per heavy atom. The van der Waals surface area contributed by atoms with Gasteiger partial charge in [-0.2, -0.15) is 0 Å². The Kier molecular flexibility index (Phi) is 6.42. The average Bonchev–Trinajstić information content (AvgIpc) is 2.54. The van der Waals surface area contributed by atoms with Gasteiger partial charge in [0.2, 0.25) is 0 Å². The monoisotopic (exact) mass is 350 g/mol. The highest BCUT2D eigenvalue weighted by Crippen LogP contribution is 2.26. The van der Waals surface area contributed by atoms with E-state index in [1.807, 2.05) is 12.1 Å². The van der Waals surface area contributed by atoms with Gasteiger partial charge in [-0.3, -0.25) is 4.89 Å². The summed E-state index contributed by atoms with van der Waals surface area (Å²) in [6.45, 7) is 8.35. The van der Waals surface area contributed by atoms with Crippen molar-refractivity contribution < 1.29 is 29.1 Å². The summed E-state index contributed by atoms with van der Waals surface area (Å²) < 4.78 is 5.12. The van der Waals surface area contributed by atoms with Crippen molar-refractivity contribution >= 4 is 12.1 Å². The minimum Gasteiger partial charge on any atom is -0.429 e. The smallest absolute Gasteiger partial charge is 0.429 e. The molecule has 2 atom stereocenters. The SMILES string of the molecule is CC1CCCC(OC(=O)OOOC(=O)c2ccc(C(C)(C)C)cc2)C1. The quantitative estimate of drug-likeness (QED) is 0.444. The van der Waals surface area contributed by atoms with Crippen molar-refractivity contribution in [3.05, 3.63) is 35.4 Å². The molecule has 2 rings (SSSR count). The topological polar surface area (TPSA) is 71.1 Å². The molecular weight excluding hydrogens is 324 g/mol. The van der Waals surface area contributed by atoms with Crippen LogP contribution in [0.3, 0.4) is 0 Å². The zero-order chi connectivity index (χ0) is 18.4. The molecule has 2 unspecified atom stereocenters. The lowest BCUT2D eigenvalue weighted by Gasteiger charge is -2.25. The van der Waals surface area contributed by atoms with Crippen molar-refractivity contribution in [2.45, 2.75) is 64.9 Å². The summed E-state index contributed by atoms with van der Waals surface area (Å²) in [4.78, 5) is 32.2. The molecule has 1 aliphatic rings. The van der Waals surface area contributed by atoms with Crippen LogP contribution in [0, 0.1) is 5.92 Å². The van der Waals surface area contributed by atoms with Gasteiger partial charge in [-0.25, -0.2) is 14.5 Å². The summed E-state index contributed by atoms with van der Waals surface area (Å²) >= 11 is 0. The normalized spacial score (nSPS) is 20.6. The van der Waals surface area contributed by atoms with E-state index in [0.29, 0.717) is 11.5 Å². The first-order valence-electron chi connectivity index (χ1n) is 8.62. The maximum absolute atomic E-state index is 11.8. The molecule has 6 heteroatoms. The Hall–Kier alpha value is -2.08. The molecule has 0 spiro atoms. The van der Waals surface area contributed by atoms with Crippen LogP contribution in [-0.4, -0.2) is 18.2 Å². The van der Waals surface area contributed by atoms with Gasteiger partial charge in [-0.15, -0.1) is 0 Å². The van der Waals surface area contributed by atoms with E-state index in [4.69, 9.17) is 4.74 Å². The van der Waals surface area contributed by atoms with Gasteiger partial charge in [0.15, 0.2) is 0 Å². The van der Waals surface area contributed by atoms with Crippen molar-refractivity contribution in [2.75, 3.05) is 0 Å². The van der Waals surface area contributed by atoms with E-state index in [-0.39, 0.29) is 11.5 Å². The first kappa shape index (κ1) is 19.2. The lowest BCUT2D eigenvalue weighted by atomic mass is 9.87. The summed E-state index contributed by atoms with van der Waals surface area (Å²) in [6, 6.07) is 6.95. The third kappa shape index (κ3) is 6.05. The highest BCUT2D eigenvalue weighted by Gasteiger charge is 2.24. The van der Waals surface area contributed by atoms with Gasteiger partial charge in [0.05, 0.1) is 10.6 Å². The predicted molar refractivity (Wildman–Crippen MR) is 90.6 cm³/mol. The first-order chi connectivity index (χ1) is 11.8. The van der Waals surface area contributed by atoms with E-state index < -0.39 is 12.1 Å². The molecule has 1 aromatic carbocycles. The number of hydrogen-bond donors (Lipinski definition) is 0. The number of benzene rings is 1. The van der Waals surface area contributed by atoms with Gasteiger partial charge in [-0.05, 0) is 48.3 Å². The molecular formula is C19H26O6.